The highest BCUT2D eigenvalue weighted by Gasteiger charge is 2.11. The van der Waals surface area contributed by atoms with E-state index in [1.165, 1.54) is 36.7 Å². The minimum atomic E-state index is -0.174. The van der Waals surface area contributed by atoms with Crippen molar-refractivity contribution >= 4 is 29.6 Å². The Kier molecular flexibility index (Phi) is 7.03. The van der Waals surface area contributed by atoms with Crippen molar-refractivity contribution in [2.24, 2.45) is 5.10 Å². The molecule has 0 saturated carbocycles. The van der Waals surface area contributed by atoms with Crippen molar-refractivity contribution < 1.29 is 4.79 Å². The molecule has 1 aromatic heterocycles. The Morgan fingerprint density at radius 3 is 2.54 bits per heavy atom. The maximum Gasteiger partial charge on any atom is 0.250 e. The topological polar surface area (TPSA) is 70.5 Å². The summed E-state index contributed by atoms with van der Waals surface area (Å²) in [5, 5.41) is 4.71. The van der Waals surface area contributed by atoms with Crippen LogP contribution in [0.2, 0.25) is 0 Å². The second-order valence-electron chi connectivity index (χ2n) is 7.10. The number of benzene rings is 1. The lowest BCUT2D eigenvalue weighted by atomic mass is 10.1. The number of anilines is 1. The van der Waals surface area contributed by atoms with Crippen LogP contribution in [0.5, 0.6) is 0 Å². The number of carbonyl (C=O) groups excluding carboxylic acids is 1. The van der Waals surface area contributed by atoms with Gasteiger partial charge in [-0.05, 0) is 69.4 Å². The van der Waals surface area contributed by atoms with Crippen LogP contribution in [-0.4, -0.2) is 40.9 Å². The summed E-state index contributed by atoms with van der Waals surface area (Å²) in [6.45, 7) is 8.17. The Hall–Kier alpha value is -2.41. The lowest BCUT2D eigenvalue weighted by Gasteiger charge is -2.29. The van der Waals surface area contributed by atoms with Gasteiger partial charge in [-0.2, -0.15) is 5.10 Å². The Morgan fingerprint density at radius 2 is 1.86 bits per heavy atom. The summed E-state index contributed by atoms with van der Waals surface area (Å²) in [5.74, 6) is 0.0548. The minimum Gasteiger partial charge on any atom is -0.372 e. The SMILES string of the molecule is Cc1cc(C)nc(SCC(=O)N/N=C\c2ccc(N3CCCCC3)cc2C)n1. The van der Waals surface area contributed by atoms with Gasteiger partial charge in [-0.25, -0.2) is 15.4 Å². The zero-order chi connectivity index (χ0) is 19.9. The van der Waals surface area contributed by atoms with E-state index in [4.69, 9.17) is 0 Å². The molecule has 0 aliphatic carbocycles. The molecule has 0 bridgehead atoms. The first-order chi connectivity index (χ1) is 13.5. The predicted octanol–water partition coefficient (Wildman–Crippen LogP) is 3.63. The lowest BCUT2D eigenvalue weighted by Crippen LogP contribution is -2.29. The molecular weight excluding hydrogens is 370 g/mol. The average molecular weight is 398 g/mol. The van der Waals surface area contributed by atoms with Gasteiger partial charge >= 0.3 is 0 Å². The third kappa shape index (κ3) is 5.79. The standard InChI is InChI=1S/C21H27N5OS/c1-15-11-19(26-9-5-4-6-10-26)8-7-18(15)13-22-25-20(27)14-28-21-23-16(2)12-17(3)24-21/h7-8,11-13H,4-6,9-10,14H2,1-3H3,(H,25,27)/b22-13-. The van der Waals surface area contributed by atoms with Crippen LogP contribution >= 0.6 is 11.8 Å². The van der Waals surface area contributed by atoms with E-state index in [2.05, 4.69) is 50.5 Å². The number of amides is 1. The van der Waals surface area contributed by atoms with Gasteiger partial charge in [-0.3, -0.25) is 4.79 Å². The molecule has 1 aliphatic rings. The molecule has 1 fully saturated rings. The summed E-state index contributed by atoms with van der Waals surface area (Å²) in [7, 11) is 0. The first-order valence-corrected chi connectivity index (χ1v) is 10.6. The molecule has 0 unspecified atom stereocenters. The van der Waals surface area contributed by atoms with E-state index in [0.717, 1.165) is 35.6 Å². The van der Waals surface area contributed by atoms with Gasteiger partial charge in [-0.1, -0.05) is 17.8 Å². The van der Waals surface area contributed by atoms with Crippen molar-refractivity contribution in [2.45, 2.75) is 45.2 Å². The van der Waals surface area contributed by atoms with Crippen molar-refractivity contribution in [3.63, 3.8) is 0 Å². The number of thioether (sulfide) groups is 1. The number of rotatable bonds is 6. The van der Waals surface area contributed by atoms with E-state index < -0.39 is 0 Å². The van der Waals surface area contributed by atoms with Gasteiger partial charge in [-0.15, -0.1) is 0 Å². The van der Waals surface area contributed by atoms with Crippen molar-refractivity contribution in [3.05, 3.63) is 46.8 Å². The maximum atomic E-state index is 12.0. The fourth-order valence-corrected chi connectivity index (χ4v) is 3.99. The maximum absolute atomic E-state index is 12.0. The van der Waals surface area contributed by atoms with Crippen LogP contribution in [0.4, 0.5) is 5.69 Å². The molecule has 0 atom stereocenters. The molecule has 6 nitrogen and oxygen atoms in total. The van der Waals surface area contributed by atoms with E-state index in [0.29, 0.717) is 5.16 Å². The van der Waals surface area contributed by atoms with Crippen LogP contribution in [0, 0.1) is 20.8 Å². The third-order valence-electron chi connectivity index (χ3n) is 4.66. The Balaban J connectivity index is 1.51. The van der Waals surface area contributed by atoms with Gasteiger partial charge < -0.3 is 4.90 Å². The monoisotopic (exact) mass is 397 g/mol. The molecule has 1 N–H and O–H groups in total. The summed E-state index contributed by atoms with van der Waals surface area (Å²) in [6.07, 6.45) is 5.55. The van der Waals surface area contributed by atoms with Gasteiger partial charge in [0.1, 0.15) is 0 Å². The number of nitrogens with zero attached hydrogens (tertiary/aromatic N) is 4. The largest absolute Gasteiger partial charge is 0.372 e. The van der Waals surface area contributed by atoms with E-state index in [1.54, 1.807) is 6.21 Å². The van der Waals surface area contributed by atoms with E-state index >= 15 is 0 Å². The van der Waals surface area contributed by atoms with Crippen LogP contribution in [-0.2, 0) is 4.79 Å². The van der Waals surface area contributed by atoms with Crippen molar-refractivity contribution in [1.82, 2.24) is 15.4 Å². The number of hydrogen-bond donors (Lipinski definition) is 1. The lowest BCUT2D eigenvalue weighted by molar-refractivity contribution is -0.118. The second-order valence-corrected chi connectivity index (χ2v) is 8.05. The number of hydrazone groups is 1. The molecule has 2 heterocycles. The molecule has 28 heavy (non-hydrogen) atoms. The highest BCUT2D eigenvalue weighted by atomic mass is 32.2. The van der Waals surface area contributed by atoms with Gasteiger partial charge in [0.15, 0.2) is 5.16 Å². The van der Waals surface area contributed by atoms with Crippen molar-refractivity contribution in [1.29, 1.82) is 0 Å². The van der Waals surface area contributed by atoms with Crippen LogP contribution < -0.4 is 10.3 Å². The molecular formula is C21H27N5OS. The molecule has 7 heteroatoms. The highest BCUT2D eigenvalue weighted by molar-refractivity contribution is 7.99. The fraction of sp³-hybridized carbons (Fsp3) is 0.429. The molecule has 1 aromatic carbocycles. The number of hydrogen-bond acceptors (Lipinski definition) is 6. The third-order valence-corrected chi connectivity index (χ3v) is 5.51. The first kappa shape index (κ1) is 20.3. The van der Waals surface area contributed by atoms with Crippen molar-refractivity contribution in [2.75, 3.05) is 23.7 Å². The van der Waals surface area contributed by atoms with Gasteiger partial charge in [0.05, 0.1) is 12.0 Å². The molecule has 0 spiro atoms. The molecule has 0 radical (unpaired) electrons. The Bertz CT molecular complexity index is 842. The van der Waals surface area contributed by atoms with Crippen LogP contribution in [0.1, 0.15) is 41.8 Å². The average Bonchev–Trinajstić information content (AvgIpc) is 2.67. The van der Waals surface area contributed by atoms with E-state index in [1.807, 2.05) is 19.9 Å². The van der Waals surface area contributed by atoms with Crippen LogP contribution in [0.15, 0.2) is 34.5 Å². The summed E-state index contributed by atoms with van der Waals surface area (Å²) in [5.41, 5.74) is 7.80. The fourth-order valence-electron chi connectivity index (χ4n) is 3.25. The minimum absolute atomic E-state index is 0.174. The van der Waals surface area contributed by atoms with E-state index in [-0.39, 0.29) is 11.7 Å². The number of carbonyl (C=O) groups is 1. The second kappa shape index (κ2) is 9.68. The Morgan fingerprint density at radius 1 is 1.14 bits per heavy atom. The summed E-state index contributed by atoms with van der Waals surface area (Å²) in [6, 6.07) is 8.30. The first-order valence-electron chi connectivity index (χ1n) is 9.64. The number of aromatic nitrogens is 2. The van der Waals surface area contributed by atoms with Crippen LogP contribution in [0.3, 0.4) is 0 Å². The number of aryl methyl sites for hydroxylation is 3. The summed E-state index contributed by atoms with van der Waals surface area (Å²) < 4.78 is 0. The molecule has 1 amide bonds. The molecule has 1 aliphatic heterocycles. The van der Waals surface area contributed by atoms with Crippen molar-refractivity contribution in [3.8, 4) is 0 Å². The Labute approximate surface area is 170 Å². The number of piperidine rings is 1. The quantitative estimate of drug-likeness (QED) is 0.349. The zero-order valence-corrected chi connectivity index (χ0v) is 17.6. The van der Waals surface area contributed by atoms with E-state index in [9.17, 15) is 4.79 Å². The molecule has 2 aromatic rings. The normalized spacial score (nSPS) is 14.5. The van der Waals surface area contributed by atoms with Gasteiger partial charge in [0.2, 0.25) is 0 Å². The zero-order valence-electron chi connectivity index (χ0n) is 16.7. The van der Waals surface area contributed by atoms with Gasteiger partial charge in [0, 0.05) is 30.2 Å². The van der Waals surface area contributed by atoms with Crippen LogP contribution in [0.25, 0.3) is 0 Å². The molecule has 148 valence electrons. The van der Waals surface area contributed by atoms with Gasteiger partial charge in [0.25, 0.3) is 5.91 Å². The summed E-state index contributed by atoms with van der Waals surface area (Å²) in [4.78, 5) is 23.1. The summed E-state index contributed by atoms with van der Waals surface area (Å²) >= 11 is 1.31. The number of nitrogens with one attached hydrogen (secondary N) is 1. The highest BCUT2D eigenvalue weighted by Crippen LogP contribution is 2.22. The molecule has 1 saturated heterocycles. The smallest absolute Gasteiger partial charge is 0.250 e. The predicted molar refractivity (Wildman–Crippen MR) is 115 cm³/mol. The molecule has 3 rings (SSSR count).